The Kier molecular flexibility index (Phi) is 7.06. The van der Waals surface area contributed by atoms with Crippen molar-refractivity contribution in [1.29, 1.82) is 0 Å². The van der Waals surface area contributed by atoms with Crippen molar-refractivity contribution in [2.45, 2.75) is 6.92 Å². The molecular weight excluding hydrogens is 180 g/mol. The summed E-state index contributed by atoms with van der Waals surface area (Å²) in [6.45, 7) is 4.60. The quantitative estimate of drug-likeness (QED) is 0.504. The van der Waals surface area contributed by atoms with Gasteiger partial charge in [0.15, 0.2) is 0 Å². The third-order valence-electron chi connectivity index (χ3n) is 0.508. The average Bonchev–Trinajstić information content (AvgIpc) is 1.88. The number of hydrogen-bond acceptors (Lipinski definition) is 1. The lowest BCUT2D eigenvalue weighted by Gasteiger charge is -1.79. The number of carboxylic acid groups (broad SMARTS) is 1. The van der Waals surface area contributed by atoms with Crippen LogP contribution in [0.3, 0.4) is 0 Å². The first kappa shape index (κ1) is 13.3. The predicted molar refractivity (Wildman–Crippen MR) is 33.9 cm³/mol. The molecule has 2 nitrogen and oxygen atoms in total. The molecular formula is C6H6F4O2. The van der Waals surface area contributed by atoms with E-state index in [0.717, 1.165) is 0 Å². The van der Waals surface area contributed by atoms with Crippen LogP contribution in [0.4, 0.5) is 17.6 Å². The molecule has 1 N–H and O–H groups in total. The maximum absolute atomic E-state index is 10.3. The highest BCUT2D eigenvalue weighted by Crippen LogP contribution is 2.08. The van der Waals surface area contributed by atoms with E-state index in [0.29, 0.717) is 0 Å². The predicted octanol–water partition coefficient (Wildman–Crippen LogP) is 2.64. The molecule has 0 atom stereocenters. The SMILES string of the molecule is C=C(C)C(=O)O.FC(F)=C(F)F. The summed E-state index contributed by atoms with van der Waals surface area (Å²) in [4.78, 5) is 9.60. The Morgan fingerprint density at radius 3 is 1.33 bits per heavy atom. The van der Waals surface area contributed by atoms with Gasteiger partial charge < -0.3 is 5.11 Å². The second-order valence-electron chi connectivity index (χ2n) is 1.61. The van der Waals surface area contributed by atoms with E-state index >= 15 is 0 Å². The fourth-order valence-corrected chi connectivity index (χ4v) is 0. The highest BCUT2D eigenvalue weighted by molar-refractivity contribution is 5.84. The van der Waals surface area contributed by atoms with E-state index in [1.807, 2.05) is 0 Å². The zero-order valence-electron chi connectivity index (χ0n) is 6.07. The van der Waals surface area contributed by atoms with Gasteiger partial charge in [0.2, 0.25) is 0 Å². The number of rotatable bonds is 1. The van der Waals surface area contributed by atoms with Crippen LogP contribution in [-0.2, 0) is 4.79 Å². The maximum atomic E-state index is 10.3. The topological polar surface area (TPSA) is 37.3 Å². The minimum Gasteiger partial charge on any atom is -0.478 e. The molecule has 0 saturated heterocycles. The van der Waals surface area contributed by atoms with E-state index in [9.17, 15) is 22.4 Å². The van der Waals surface area contributed by atoms with Gasteiger partial charge in [-0.15, -0.1) is 0 Å². The summed E-state index contributed by atoms with van der Waals surface area (Å²) in [6, 6.07) is 0. The Hall–Kier alpha value is -1.33. The Bertz CT molecular complexity index is 180. The third kappa shape index (κ3) is 11.5. The molecule has 0 bridgehead atoms. The van der Waals surface area contributed by atoms with Crippen LogP contribution in [0.2, 0.25) is 0 Å². The molecule has 0 spiro atoms. The van der Waals surface area contributed by atoms with Crippen LogP contribution in [0, 0.1) is 0 Å². The van der Waals surface area contributed by atoms with Crippen LogP contribution in [-0.4, -0.2) is 11.1 Å². The first-order valence-corrected chi connectivity index (χ1v) is 2.54. The van der Waals surface area contributed by atoms with Gasteiger partial charge in [0, 0.05) is 5.57 Å². The molecule has 0 rings (SSSR count). The minimum absolute atomic E-state index is 0.176. The molecule has 0 saturated carbocycles. The lowest BCUT2D eigenvalue weighted by Crippen LogP contribution is -1.92. The van der Waals surface area contributed by atoms with E-state index in [1.54, 1.807) is 0 Å². The molecule has 0 aromatic rings. The van der Waals surface area contributed by atoms with Crippen molar-refractivity contribution >= 4 is 5.97 Å². The summed E-state index contributed by atoms with van der Waals surface area (Å²) in [7, 11) is 0. The summed E-state index contributed by atoms with van der Waals surface area (Å²) in [5, 5.41) is 7.89. The molecule has 0 heterocycles. The van der Waals surface area contributed by atoms with Crippen molar-refractivity contribution in [3.05, 3.63) is 24.3 Å². The van der Waals surface area contributed by atoms with Crippen LogP contribution in [0.15, 0.2) is 24.3 Å². The standard InChI is InChI=1S/C4H6O2.C2F4/c1-3(2)4(5)6;3-1(4)2(5)6/h1H2,2H3,(H,5,6);. The monoisotopic (exact) mass is 186 g/mol. The molecule has 0 aliphatic rings. The van der Waals surface area contributed by atoms with Crippen LogP contribution >= 0.6 is 0 Å². The zero-order chi connectivity index (χ0) is 10.3. The van der Waals surface area contributed by atoms with Gasteiger partial charge >= 0.3 is 18.1 Å². The Morgan fingerprint density at radius 2 is 1.33 bits per heavy atom. The molecule has 0 aromatic heterocycles. The summed E-state index contributed by atoms with van der Waals surface area (Å²) in [5.41, 5.74) is 0.176. The number of carboxylic acids is 1. The lowest BCUT2D eigenvalue weighted by molar-refractivity contribution is -0.132. The third-order valence-corrected chi connectivity index (χ3v) is 0.508. The van der Waals surface area contributed by atoms with Crippen molar-refractivity contribution in [2.24, 2.45) is 0 Å². The molecule has 0 aliphatic carbocycles. The molecule has 6 heteroatoms. The van der Waals surface area contributed by atoms with E-state index in [2.05, 4.69) is 6.58 Å². The largest absolute Gasteiger partial charge is 0.478 e. The molecule has 0 fully saturated rings. The smallest absolute Gasteiger partial charge is 0.334 e. The van der Waals surface area contributed by atoms with Crippen LogP contribution in [0.25, 0.3) is 0 Å². The number of hydrogen-bond donors (Lipinski definition) is 1. The van der Waals surface area contributed by atoms with Gasteiger partial charge in [0.25, 0.3) is 0 Å². The summed E-state index contributed by atoms with van der Waals surface area (Å²) in [5.74, 6) is -0.935. The average molecular weight is 186 g/mol. The van der Waals surface area contributed by atoms with E-state index in [1.165, 1.54) is 6.92 Å². The lowest BCUT2D eigenvalue weighted by atomic mass is 10.4. The zero-order valence-corrected chi connectivity index (χ0v) is 6.07. The van der Waals surface area contributed by atoms with E-state index in [-0.39, 0.29) is 5.57 Å². The normalized spacial score (nSPS) is 7.75. The minimum atomic E-state index is -2.91. The van der Waals surface area contributed by atoms with Crippen molar-refractivity contribution in [3.63, 3.8) is 0 Å². The fourth-order valence-electron chi connectivity index (χ4n) is 0. The van der Waals surface area contributed by atoms with Gasteiger partial charge in [0.05, 0.1) is 0 Å². The fraction of sp³-hybridized carbons (Fsp3) is 0.167. The van der Waals surface area contributed by atoms with Crippen LogP contribution in [0.1, 0.15) is 6.92 Å². The second kappa shape index (κ2) is 6.38. The molecule has 0 unspecified atom stereocenters. The maximum Gasteiger partial charge on any atom is 0.334 e. The van der Waals surface area contributed by atoms with Crippen molar-refractivity contribution < 1.29 is 27.5 Å². The molecule has 70 valence electrons. The summed E-state index contributed by atoms with van der Waals surface area (Å²) in [6.07, 6.45) is -5.81. The first-order chi connectivity index (χ1) is 5.29. The van der Waals surface area contributed by atoms with Gasteiger partial charge in [-0.25, -0.2) is 4.79 Å². The number of carbonyl (C=O) groups is 1. The van der Waals surface area contributed by atoms with Gasteiger partial charge in [-0.2, -0.15) is 17.6 Å². The Morgan fingerprint density at radius 1 is 1.17 bits per heavy atom. The second-order valence-corrected chi connectivity index (χ2v) is 1.61. The van der Waals surface area contributed by atoms with Gasteiger partial charge in [-0.05, 0) is 6.92 Å². The van der Waals surface area contributed by atoms with Gasteiger partial charge in [0.1, 0.15) is 0 Å². The number of aliphatic carboxylic acids is 1. The van der Waals surface area contributed by atoms with Crippen LogP contribution in [0.5, 0.6) is 0 Å². The van der Waals surface area contributed by atoms with Crippen molar-refractivity contribution in [2.75, 3.05) is 0 Å². The van der Waals surface area contributed by atoms with Gasteiger partial charge in [-0.1, -0.05) is 6.58 Å². The molecule has 0 radical (unpaired) electrons. The molecule has 0 aromatic carbocycles. The summed E-state index contributed by atoms with van der Waals surface area (Å²) < 4.78 is 41.1. The highest BCUT2D eigenvalue weighted by atomic mass is 19.3. The molecule has 12 heavy (non-hydrogen) atoms. The highest BCUT2D eigenvalue weighted by Gasteiger charge is 1.98. The first-order valence-electron chi connectivity index (χ1n) is 2.54. The molecule has 0 amide bonds. The van der Waals surface area contributed by atoms with Crippen molar-refractivity contribution in [3.8, 4) is 0 Å². The Balaban J connectivity index is 0. The molecule has 0 aliphatic heterocycles. The van der Waals surface area contributed by atoms with E-state index in [4.69, 9.17) is 5.11 Å². The number of halogens is 4. The Labute approximate surface area is 65.8 Å². The van der Waals surface area contributed by atoms with Crippen LogP contribution < -0.4 is 0 Å². The summed E-state index contributed by atoms with van der Waals surface area (Å²) >= 11 is 0. The van der Waals surface area contributed by atoms with E-state index < -0.39 is 18.1 Å². The van der Waals surface area contributed by atoms with Gasteiger partial charge in [-0.3, -0.25) is 0 Å². The van der Waals surface area contributed by atoms with Crippen molar-refractivity contribution in [1.82, 2.24) is 0 Å².